The third-order valence-corrected chi connectivity index (χ3v) is 3.60. The predicted octanol–water partition coefficient (Wildman–Crippen LogP) is 1.77. The summed E-state index contributed by atoms with van der Waals surface area (Å²) < 4.78 is 1.83. The topological polar surface area (TPSA) is 50.9 Å². The largest absolute Gasteiger partial charge is 0.386 e. The zero-order valence-electron chi connectivity index (χ0n) is 9.64. The van der Waals surface area contributed by atoms with Gasteiger partial charge in [0.05, 0.1) is 22.7 Å². The molecule has 0 radical (unpaired) electrons. The van der Waals surface area contributed by atoms with Gasteiger partial charge in [0.15, 0.2) is 0 Å². The van der Waals surface area contributed by atoms with Crippen LogP contribution in [0.2, 0.25) is 0 Å². The summed E-state index contributed by atoms with van der Waals surface area (Å²) in [5.41, 5.74) is 1.75. The molecule has 4 nitrogen and oxygen atoms in total. The lowest BCUT2D eigenvalue weighted by molar-refractivity contribution is 0.174. The minimum Gasteiger partial charge on any atom is -0.386 e. The molecule has 2 aromatic rings. The molecule has 86 valence electrons. The number of rotatable bonds is 3. The molecule has 2 aromatic heterocycles. The van der Waals surface area contributed by atoms with Crippen LogP contribution in [0.25, 0.3) is 0 Å². The number of thiazole rings is 1. The van der Waals surface area contributed by atoms with Crippen LogP contribution in [-0.2, 0) is 13.5 Å². The van der Waals surface area contributed by atoms with Crippen LogP contribution in [0.15, 0.2) is 12.5 Å². The van der Waals surface area contributed by atoms with Gasteiger partial charge in [-0.25, -0.2) is 9.97 Å². The molecular weight excluding hydrogens is 222 g/mol. The standard InChI is InChI=1S/C11H15N3OS/c1-7-8(2)16-11(13-7)4-10(15)9-5-14(3)6-12-9/h5-6,10,15H,4H2,1-3H3. The molecule has 2 heterocycles. The summed E-state index contributed by atoms with van der Waals surface area (Å²) in [6.07, 6.45) is 3.50. The van der Waals surface area contributed by atoms with E-state index in [1.54, 1.807) is 17.7 Å². The average molecular weight is 237 g/mol. The second kappa shape index (κ2) is 4.35. The van der Waals surface area contributed by atoms with Gasteiger partial charge < -0.3 is 9.67 Å². The molecule has 0 spiro atoms. The van der Waals surface area contributed by atoms with Gasteiger partial charge in [0, 0.05) is 24.5 Å². The minimum absolute atomic E-state index is 0.538. The monoisotopic (exact) mass is 237 g/mol. The Balaban J connectivity index is 2.10. The Hall–Kier alpha value is -1.20. The van der Waals surface area contributed by atoms with E-state index in [2.05, 4.69) is 9.97 Å². The Labute approximate surface area is 98.6 Å². The molecule has 1 unspecified atom stereocenters. The Morgan fingerprint density at radius 1 is 1.50 bits per heavy atom. The lowest BCUT2D eigenvalue weighted by Crippen LogP contribution is -2.01. The maximum absolute atomic E-state index is 9.98. The van der Waals surface area contributed by atoms with E-state index in [9.17, 15) is 5.11 Å². The summed E-state index contributed by atoms with van der Waals surface area (Å²) in [5.74, 6) is 0. The van der Waals surface area contributed by atoms with Crippen molar-refractivity contribution in [3.05, 3.63) is 33.8 Å². The predicted molar refractivity (Wildman–Crippen MR) is 63.5 cm³/mol. The molecule has 0 bridgehead atoms. The lowest BCUT2D eigenvalue weighted by Gasteiger charge is -2.04. The first-order chi connectivity index (χ1) is 7.56. The molecule has 0 aromatic carbocycles. The minimum atomic E-state index is -0.564. The van der Waals surface area contributed by atoms with E-state index in [1.165, 1.54) is 4.88 Å². The Bertz CT molecular complexity index is 470. The second-order valence-electron chi connectivity index (χ2n) is 3.93. The maximum atomic E-state index is 9.98. The zero-order valence-corrected chi connectivity index (χ0v) is 10.5. The Morgan fingerprint density at radius 2 is 2.25 bits per heavy atom. The highest BCUT2D eigenvalue weighted by molar-refractivity contribution is 7.11. The molecule has 1 atom stereocenters. The fraction of sp³-hybridized carbons (Fsp3) is 0.455. The summed E-state index contributed by atoms with van der Waals surface area (Å²) in [4.78, 5) is 9.75. The van der Waals surface area contributed by atoms with Crippen LogP contribution in [0.3, 0.4) is 0 Å². The molecule has 5 heteroatoms. The number of hydrogen-bond donors (Lipinski definition) is 1. The summed E-state index contributed by atoms with van der Waals surface area (Å²) in [6.45, 7) is 4.03. The Kier molecular flexibility index (Phi) is 3.07. The van der Waals surface area contributed by atoms with Gasteiger partial charge in [-0.1, -0.05) is 0 Å². The average Bonchev–Trinajstić information content (AvgIpc) is 2.75. The first-order valence-corrected chi connectivity index (χ1v) is 5.96. The molecule has 16 heavy (non-hydrogen) atoms. The molecular formula is C11H15N3OS. The van der Waals surface area contributed by atoms with Crippen LogP contribution in [0.1, 0.15) is 27.4 Å². The van der Waals surface area contributed by atoms with Crippen molar-refractivity contribution in [1.29, 1.82) is 0 Å². The van der Waals surface area contributed by atoms with Gasteiger partial charge >= 0.3 is 0 Å². The van der Waals surface area contributed by atoms with E-state index in [1.807, 2.05) is 31.7 Å². The van der Waals surface area contributed by atoms with E-state index in [4.69, 9.17) is 0 Å². The highest BCUT2D eigenvalue weighted by Crippen LogP contribution is 2.22. The van der Waals surface area contributed by atoms with Crippen molar-refractivity contribution < 1.29 is 5.11 Å². The first kappa shape index (κ1) is 11.3. The van der Waals surface area contributed by atoms with E-state index in [-0.39, 0.29) is 0 Å². The number of aromatic nitrogens is 3. The lowest BCUT2D eigenvalue weighted by atomic mass is 10.2. The quantitative estimate of drug-likeness (QED) is 0.885. The molecule has 0 amide bonds. The van der Waals surface area contributed by atoms with Crippen molar-refractivity contribution in [1.82, 2.24) is 14.5 Å². The molecule has 1 N–H and O–H groups in total. The number of aryl methyl sites for hydroxylation is 3. The molecule has 0 fully saturated rings. The maximum Gasteiger partial charge on any atom is 0.104 e. The summed E-state index contributed by atoms with van der Waals surface area (Å²) in [7, 11) is 1.89. The van der Waals surface area contributed by atoms with Gasteiger partial charge in [-0.05, 0) is 13.8 Å². The molecule has 2 rings (SSSR count). The van der Waals surface area contributed by atoms with E-state index in [0.29, 0.717) is 12.1 Å². The third kappa shape index (κ3) is 2.31. The molecule has 0 aliphatic rings. The summed E-state index contributed by atoms with van der Waals surface area (Å²) in [5, 5.41) is 10.9. The summed E-state index contributed by atoms with van der Waals surface area (Å²) in [6, 6.07) is 0. The van der Waals surface area contributed by atoms with Gasteiger partial charge in [-0.3, -0.25) is 0 Å². The van der Waals surface area contributed by atoms with Crippen molar-refractivity contribution in [2.24, 2.45) is 7.05 Å². The SMILES string of the molecule is Cc1nc(CC(O)c2cn(C)cn2)sc1C. The highest BCUT2D eigenvalue weighted by Gasteiger charge is 2.14. The molecule has 0 saturated carbocycles. The van der Waals surface area contributed by atoms with Crippen LogP contribution in [-0.4, -0.2) is 19.6 Å². The van der Waals surface area contributed by atoms with Crippen LogP contribution >= 0.6 is 11.3 Å². The van der Waals surface area contributed by atoms with Gasteiger partial charge in [-0.15, -0.1) is 11.3 Å². The fourth-order valence-corrected chi connectivity index (χ4v) is 2.47. The van der Waals surface area contributed by atoms with Crippen molar-refractivity contribution in [3.8, 4) is 0 Å². The summed E-state index contributed by atoms with van der Waals surface area (Å²) >= 11 is 1.64. The van der Waals surface area contributed by atoms with Gasteiger partial charge in [-0.2, -0.15) is 0 Å². The van der Waals surface area contributed by atoms with E-state index >= 15 is 0 Å². The number of aliphatic hydroxyl groups is 1. The van der Waals surface area contributed by atoms with Crippen molar-refractivity contribution >= 4 is 11.3 Å². The van der Waals surface area contributed by atoms with Crippen LogP contribution in [0, 0.1) is 13.8 Å². The van der Waals surface area contributed by atoms with Gasteiger partial charge in [0.2, 0.25) is 0 Å². The molecule has 0 aliphatic carbocycles. The van der Waals surface area contributed by atoms with Crippen molar-refractivity contribution in [2.75, 3.05) is 0 Å². The van der Waals surface area contributed by atoms with Crippen molar-refractivity contribution in [3.63, 3.8) is 0 Å². The fourth-order valence-electron chi connectivity index (χ4n) is 1.50. The first-order valence-electron chi connectivity index (χ1n) is 5.15. The smallest absolute Gasteiger partial charge is 0.104 e. The zero-order chi connectivity index (χ0) is 11.7. The molecule has 0 saturated heterocycles. The van der Waals surface area contributed by atoms with Crippen LogP contribution in [0.4, 0.5) is 0 Å². The number of nitrogens with zero attached hydrogens (tertiary/aromatic N) is 3. The van der Waals surface area contributed by atoms with Crippen LogP contribution in [0.5, 0.6) is 0 Å². The number of aliphatic hydroxyl groups excluding tert-OH is 1. The number of imidazole rings is 1. The third-order valence-electron chi connectivity index (χ3n) is 2.51. The van der Waals surface area contributed by atoms with E-state index < -0.39 is 6.10 Å². The second-order valence-corrected chi connectivity index (χ2v) is 5.22. The van der Waals surface area contributed by atoms with E-state index in [0.717, 1.165) is 10.7 Å². The Morgan fingerprint density at radius 3 is 2.75 bits per heavy atom. The number of hydrogen-bond acceptors (Lipinski definition) is 4. The van der Waals surface area contributed by atoms with Gasteiger partial charge in [0.25, 0.3) is 0 Å². The van der Waals surface area contributed by atoms with Crippen molar-refractivity contribution in [2.45, 2.75) is 26.4 Å². The molecule has 0 aliphatic heterocycles. The highest BCUT2D eigenvalue weighted by atomic mass is 32.1. The van der Waals surface area contributed by atoms with Crippen LogP contribution < -0.4 is 0 Å². The normalized spacial score (nSPS) is 13.0. The van der Waals surface area contributed by atoms with Gasteiger partial charge in [0.1, 0.15) is 6.10 Å².